The molecular formula is C13H17N5O3W. The van der Waals surface area contributed by atoms with Gasteiger partial charge in [-0.1, -0.05) is 0 Å². The number of nitrogens with one attached hydrogen (secondary N) is 2. The first kappa shape index (κ1) is 15.5. The number of ether oxygens (including phenoxy) is 1. The fourth-order valence-corrected chi connectivity index (χ4v) is 3.83. The molecule has 2 amide bonds. The van der Waals surface area contributed by atoms with E-state index in [0.717, 1.165) is 23.5 Å². The van der Waals surface area contributed by atoms with Crippen molar-refractivity contribution in [2.45, 2.75) is 12.2 Å². The van der Waals surface area contributed by atoms with E-state index in [0.29, 0.717) is 19.0 Å². The summed E-state index contributed by atoms with van der Waals surface area (Å²) in [7, 11) is 1.59. The number of rotatable bonds is 5. The second kappa shape index (κ2) is 6.02. The van der Waals surface area contributed by atoms with E-state index in [-0.39, 0.29) is 35.9 Å². The van der Waals surface area contributed by atoms with Crippen LogP contribution in [0.5, 0.6) is 0 Å². The molecule has 0 saturated carbocycles. The molecule has 22 heavy (non-hydrogen) atoms. The predicted molar refractivity (Wildman–Crippen MR) is 75.2 cm³/mol. The molecule has 4 unspecified atom stereocenters. The van der Waals surface area contributed by atoms with Gasteiger partial charge in [-0.25, -0.2) is 0 Å². The van der Waals surface area contributed by atoms with Crippen molar-refractivity contribution >= 4 is 21.9 Å². The van der Waals surface area contributed by atoms with Gasteiger partial charge in [0.1, 0.15) is 0 Å². The average molecular weight is 475 g/mol. The van der Waals surface area contributed by atoms with Crippen molar-refractivity contribution in [1.82, 2.24) is 15.5 Å². The number of hydrogen-bond donors (Lipinski definition) is 3. The van der Waals surface area contributed by atoms with E-state index < -0.39 is 0 Å². The molecule has 4 N–H and O–H groups in total. The maximum atomic E-state index is 12.4. The van der Waals surface area contributed by atoms with Crippen molar-refractivity contribution in [1.29, 1.82) is 0 Å². The Balaban J connectivity index is 1.53. The summed E-state index contributed by atoms with van der Waals surface area (Å²) in [5, 5.41) is 6.00. The fraction of sp³-hybridized carbons (Fsp3) is 0.538. The van der Waals surface area contributed by atoms with Gasteiger partial charge in [-0.2, -0.15) is 0 Å². The Kier molecular flexibility index (Phi) is 4.25. The van der Waals surface area contributed by atoms with E-state index in [1.165, 1.54) is 4.90 Å². The number of aliphatic imine (C=N–C) groups is 1. The van der Waals surface area contributed by atoms with Crippen molar-refractivity contribution in [2.24, 2.45) is 22.6 Å². The van der Waals surface area contributed by atoms with E-state index in [9.17, 15) is 9.59 Å². The summed E-state index contributed by atoms with van der Waals surface area (Å²) in [6.07, 6.45) is 3.31. The zero-order valence-electron chi connectivity index (χ0n) is 12.0. The van der Waals surface area contributed by atoms with Crippen LogP contribution in [-0.4, -0.2) is 59.2 Å². The number of carbonyl (C=O) groups is 2. The van der Waals surface area contributed by atoms with Gasteiger partial charge in [0.25, 0.3) is 0 Å². The van der Waals surface area contributed by atoms with Crippen LogP contribution in [-0.2, 0) is 33.7 Å². The number of nitrogens with zero attached hydrogens (tertiary/aromatic N) is 2. The van der Waals surface area contributed by atoms with Crippen molar-refractivity contribution in [3.8, 4) is 0 Å². The number of amides is 2. The molecule has 0 aromatic rings. The molecule has 3 aliphatic heterocycles. The minimum atomic E-state index is -0.334. The molecule has 4 atom stereocenters. The summed E-state index contributed by atoms with van der Waals surface area (Å²) in [6.45, 7) is 0.815. The second-order valence-electron chi connectivity index (χ2n) is 5.32. The van der Waals surface area contributed by atoms with Crippen LogP contribution < -0.4 is 16.4 Å². The van der Waals surface area contributed by atoms with Crippen molar-refractivity contribution in [2.75, 3.05) is 20.1 Å². The molecule has 9 heteroatoms. The third-order valence-corrected chi connectivity index (χ3v) is 4.99. The molecule has 0 spiro atoms. The van der Waals surface area contributed by atoms with E-state index >= 15 is 0 Å². The number of imide groups is 1. The molecule has 2 fully saturated rings. The predicted octanol–water partition coefficient (Wildman–Crippen LogP) is -2.32. The number of likely N-dealkylation sites (tertiary alicyclic amines) is 1. The first-order chi connectivity index (χ1) is 10.5. The molecule has 0 radical (unpaired) electrons. The van der Waals surface area contributed by atoms with Crippen LogP contribution in [0.25, 0.3) is 0 Å². The van der Waals surface area contributed by atoms with Crippen LogP contribution in [0.2, 0.25) is 0 Å². The summed E-state index contributed by atoms with van der Waals surface area (Å²) < 4.78 is 6.39. The molecule has 3 heterocycles. The summed E-state index contributed by atoms with van der Waals surface area (Å²) in [5.74, 6) is -0.596. The molecule has 8 nitrogen and oxygen atoms in total. The van der Waals surface area contributed by atoms with Crippen LogP contribution in [0, 0.1) is 11.8 Å². The van der Waals surface area contributed by atoms with Crippen LogP contribution in [0.1, 0.15) is 0 Å². The normalized spacial score (nSPS) is 32.8. The van der Waals surface area contributed by atoms with Crippen molar-refractivity contribution in [3.05, 3.63) is 12.2 Å². The molecule has 3 rings (SSSR count). The number of nitrogens with two attached hydrogens (primary N) is 1. The Morgan fingerprint density at radius 3 is 2.50 bits per heavy atom. The molecule has 2 saturated heterocycles. The van der Waals surface area contributed by atoms with Crippen LogP contribution >= 0.6 is 0 Å². The van der Waals surface area contributed by atoms with Crippen molar-refractivity contribution in [3.63, 3.8) is 0 Å². The Bertz CT molecular complexity index is 560. The van der Waals surface area contributed by atoms with E-state index in [2.05, 4.69) is 15.6 Å². The number of hydrogen-bond acceptors (Lipinski definition) is 5. The molecule has 118 valence electrons. The van der Waals surface area contributed by atoms with E-state index in [1.54, 1.807) is 7.05 Å². The summed E-state index contributed by atoms with van der Waals surface area (Å²) in [5.41, 5.74) is 5.56. The standard InChI is InChI=1S/C13H17N5O3.W/c1-15-13(14)17-6-16-4-5-18-11(19)9-7-2-3-8(21-7)10(9)12(18)20;/h2-3,7-10,16H,4-5H2,1H3,(H3,14,15,17);. The van der Waals surface area contributed by atoms with Gasteiger partial charge in [-0.05, 0) is 0 Å². The minimum absolute atomic E-state index is 0.124. The van der Waals surface area contributed by atoms with Gasteiger partial charge in [0, 0.05) is 0 Å². The summed E-state index contributed by atoms with van der Waals surface area (Å²) in [4.78, 5) is 29.9. The number of guanidine groups is 1. The zero-order chi connectivity index (χ0) is 15.9. The molecule has 0 aromatic heterocycles. The van der Waals surface area contributed by atoms with Gasteiger partial charge in [-0.15, -0.1) is 0 Å². The first-order valence-corrected chi connectivity index (χ1v) is 8.45. The van der Waals surface area contributed by atoms with Crippen LogP contribution in [0.15, 0.2) is 17.1 Å². The molecule has 2 bridgehead atoms. The van der Waals surface area contributed by atoms with Crippen LogP contribution in [0.4, 0.5) is 0 Å². The molecular weight excluding hydrogens is 458 g/mol. The topological polar surface area (TPSA) is 109 Å². The van der Waals surface area contributed by atoms with Gasteiger partial charge in [0.2, 0.25) is 0 Å². The Morgan fingerprint density at radius 2 is 1.95 bits per heavy atom. The maximum absolute atomic E-state index is 12.4. The molecule has 0 aliphatic carbocycles. The first-order valence-electron chi connectivity index (χ1n) is 6.99. The number of fused-ring (bicyclic) bond motifs is 5. The quantitative estimate of drug-likeness (QED) is 0.179. The van der Waals surface area contributed by atoms with Gasteiger partial charge < -0.3 is 0 Å². The fourth-order valence-electron chi connectivity index (χ4n) is 3.08. The van der Waals surface area contributed by atoms with Gasteiger partial charge in [0.15, 0.2) is 0 Å². The third kappa shape index (κ3) is 2.55. The summed E-state index contributed by atoms with van der Waals surface area (Å²) in [6, 6.07) is 0. The SMILES string of the molecule is CN=C(N)N[C](=[W])NCCN1C(=O)C2C3C=CC(O3)C2C1=O. The van der Waals surface area contributed by atoms with Crippen molar-refractivity contribution < 1.29 is 33.7 Å². The monoisotopic (exact) mass is 475 g/mol. The Hall–Kier alpha value is -1.37. The van der Waals surface area contributed by atoms with Gasteiger partial charge >= 0.3 is 138 Å². The van der Waals surface area contributed by atoms with E-state index in [1.807, 2.05) is 12.2 Å². The Morgan fingerprint density at radius 1 is 1.36 bits per heavy atom. The Labute approximate surface area is 138 Å². The molecule has 0 aromatic carbocycles. The van der Waals surface area contributed by atoms with E-state index in [4.69, 9.17) is 10.5 Å². The van der Waals surface area contributed by atoms with Gasteiger partial charge in [0.05, 0.1) is 0 Å². The third-order valence-electron chi connectivity index (χ3n) is 4.11. The molecule has 3 aliphatic rings. The summed E-state index contributed by atoms with van der Waals surface area (Å²) >= 11 is 1.16. The zero-order valence-corrected chi connectivity index (χ0v) is 14.9. The number of carbonyl (C=O) groups excluding carboxylic acids is 2. The van der Waals surface area contributed by atoms with Crippen LogP contribution in [0.3, 0.4) is 0 Å². The second-order valence-corrected chi connectivity index (χ2v) is 6.79. The van der Waals surface area contributed by atoms with Gasteiger partial charge in [-0.3, -0.25) is 0 Å². The average Bonchev–Trinajstić information content (AvgIpc) is 3.16.